The lowest BCUT2D eigenvalue weighted by molar-refractivity contribution is -0.161. The van der Waals surface area contributed by atoms with Crippen LogP contribution in [0.3, 0.4) is 0 Å². The third-order valence-electron chi connectivity index (χ3n) is 16.2. The number of hydrogen-bond acceptors (Lipinski definition) is 8. The molecule has 0 rings (SSSR count). The molecule has 0 fully saturated rings. The highest BCUT2D eigenvalue weighted by Gasteiger charge is 2.26. The Hall–Kier alpha value is -2.03. The molecule has 0 radical (unpaired) electrons. The summed E-state index contributed by atoms with van der Waals surface area (Å²) in [5, 5.41) is 0. The maximum atomic E-state index is 12.8. The third kappa shape index (κ3) is 68.9. The van der Waals surface area contributed by atoms with Gasteiger partial charge < -0.3 is 20.1 Å². The number of nitrogens with two attached hydrogens (primary N) is 1. The SMILES string of the molecule is CCCCCCC/C=C\C/C=C\C/C=C\CCCCCCCCCCCCC(=O)OC(COC(=O)CCCCCCCCCCCCCCCCCCCCCCCCCCC/C=C\CCCCCCCCCC)COP(=O)(O)OCCN. The molecular formula is C73H138NO8P. The first-order valence-corrected chi connectivity index (χ1v) is 37.6. The molecule has 0 spiro atoms. The number of ether oxygens (including phenoxy) is 2. The van der Waals surface area contributed by atoms with Crippen LogP contribution in [0, 0.1) is 0 Å². The van der Waals surface area contributed by atoms with Crippen molar-refractivity contribution in [1.82, 2.24) is 0 Å². The van der Waals surface area contributed by atoms with Gasteiger partial charge in [0.1, 0.15) is 6.61 Å². The molecule has 0 amide bonds. The van der Waals surface area contributed by atoms with E-state index in [4.69, 9.17) is 24.3 Å². The van der Waals surface area contributed by atoms with Gasteiger partial charge in [0.05, 0.1) is 13.2 Å². The van der Waals surface area contributed by atoms with Crippen LogP contribution in [0.5, 0.6) is 0 Å². The number of carbonyl (C=O) groups is 2. The highest BCUT2D eigenvalue weighted by molar-refractivity contribution is 7.47. The number of allylic oxidation sites excluding steroid dienone is 8. The topological polar surface area (TPSA) is 134 Å². The van der Waals surface area contributed by atoms with Gasteiger partial charge in [0, 0.05) is 19.4 Å². The van der Waals surface area contributed by atoms with Crippen LogP contribution < -0.4 is 5.73 Å². The molecule has 0 heterocycles. The molecule has 0 saturated heterocycles. The smallest absolute Gasteiger partial charge is 0.462 e. The minimum atomic E-state index is -4.39. The summed E-state index contributed by atoms with van der Waals surface area (Å²) < 4.78 is 33.2. The average molecular weight is 1190 g/mol. The zero-order valence-corrected chi connectivity index (χ0v) is 55.8. The van der Waals surface area contributed by atoms with Crippen molar-refractivity contribution in [3.05, 3.63) is 48.6 Å². The van der Waals surface area contributed by atoms with Gasteiger partial charge in [-0.2, -0.15) is 0 Å². The Morgan fingerprint density at radius 3 is 0.940 bits per heavy atom. The van der Waals surface area contributed by atoms with E-state index in [1.165, 1.54) is 283 Å². The van der Waals surface area contributed by atoms with Crippen molar-refractivity contribution in [2.45, 2.75) is 380 Å². The molecule has 0 aromatic heterocycles. The number of hydrogen-bond donors (Lipinski definition) is 2. The molecular weight excluding hydrogens is 1050 g/mol. The van der Waals surface area contributed by atoms with Crippen molar-refractivity contribution >= 4 is 19.8 Å². The maximum absolute atomic E-state index is 12.8. The number of phosphoric ester groups is 1. The minimum absolute atomic E-state index is 0.0534. The molecule has 0 aliphatic carbocycles. The largest absolute Gasteiger partial charge is 0.472 e. The van der Waals surface area contributed by atoms with Crippen LogP contribution in [0.2, 0.25) is 0 Å². The van der Waals surface area contributed by atoms with E-state index in [0.29, 0.717) is 6.42 Å². The lowest BCUT2D eigenvalue weighted by atomic mass is 10.0. The molecule has 2 atom stereocenters. The summed E-state index contributed by atoms with van der Waals surface area (Å²) >= 11 is 0. The Morgan fingerprint density at radius 1 is 0.361 bits per heavy atom. The fourth-order valence-corrected chi connectivity index (χ4v) is 11.6. The summed E-state index contributed by atoms with van der Waals surface area (Å²) in [7, 11) is -4.39. The Bertz CT molecular complexity index is 1500. The van der Waals surface area contributed by atoms with Crippen LogP contribution in [0.15, 0.2) is 48.6 Å². The van der Waals surface area contributed by atoms with Crippen molar-refractivity contribution in [1.29, 1.82) is 0 Å². The number of rotatable bonds is 69. The van der Waals surface area contributed by atoms with Gasteiger partial charge in [0.25, 0.3) is 0 Å². The van der Waals surface area contributed by atoms with Gasteiger partial charge in [-0.1, -0.05) is 332 Å². The Kier molecular flexibility index (Phi) is 67.4. The summed E-state index contributed by atoms with van der Waals surface area (Å²) in [5.74, 6) is -0.815. The molecule has 9 nitrogen and oxygen atoms in total. The van der Waals surface area contributed by atoms with Crippen LogP contribution in [0.25, 0.3) is 0 Å². The predicted octanol–water partition coefficient (Wildman–Crippen LogP) is 23.6. The normalized spacial score (nSPS) is 13.2. The highest BCUT2D eigenvalue weighted by atomic mass is 31.2. The summed E-state index contributed by atoms with van der Waals surface area (Å²) in [6.45, 7) is 3.79. The van der Waals surface area contributed by atoms with Gasteiger partial charge in [-0.15, -0.1) is 0 Å². The second kappa shape index (κ2) is 69.1. The third-order valence-corrected chi connectivity index (χ3v) is 17.2. The van der Waals surface area contributed by atoms with Crippen molar-refractivity contribution in [3.8, 4) is 0 Å². The molecule has 0 bridgehead atoms. The summed E-state index contributed by atoms with van der Waals surface area (Å²) in [4.78, 5) is 35.4. The second-order valence-electron chi connectivity index (χ2n) is 24.5. The fourth-order valence-electron chi connectivity index (χ4n) is 10.8. The second-order valence-corrected chi connectivity index (χ2v) is 25.9. The molecule has 488 valence electrons. The van der Waals surface area contributed by atoms with Crippen LogP contribution in [0.4, 0.5) is 0 Å². The van der Waals surface area contributed by atoms with Gasteiger partial charge in [-0.05, 0) is 77.0 Å². The fraction of sp³-hybridized carbons (Fsp3) is 0.863. The van der Waals surface area contributed by atoms with E-state index in [1.54, 1.807) is 0 Å². The van der Waals surface area contributed by atoms with E-state index in [2.05, 4.69) is 62.5 Å². The van der Waals surface area contributed by atoms with Crippen LogP contribution >= 0.6 is 7.82 Å². The number of phosphoric acid groups is 1. The molecule has 3 N–H and O–H groups in total. The van der Waals surface area contributed by atoms with Crippen LogP contribution in [-0.4, -0.2) is 49.3 Å². The van der Waals surface area contributed by atoms with E-state index in [0.717, 1.165) is 57.8 Å². The van der Waals surface area contributed by atoms with Gasteiger partial charge in [-0.3, -0.25) is 18.6 Å². The van der Waals surface area contributed by atoms with E-state index < -0.39 is 26.5 Å². The Labute approximate surface area is 515 Å². The minimum Gasteiger partial charge on any atom is -0.462 e. The van der Waals surface area contributed by atoms with Gasteiger partial charge in [-0.25, -0.2) is 4.57 Å². The lowest BCUT2D eigenvalue weighted by Crippen LogP contribution is -2.29. The quantitative estimate of drug-likeness (QED) is 0.0264. The van der Waals surface area contributed by atoms with Gasteiger partial charge >= 0.3 is 19.8 Å². The molecule has 2 unspecified atom stereocenters. The summed E-state index contributed by atoms with van der Waals surface area (Å²) in [5.41, 5.74) is 5.40. The van der Waals surface area contributed by atoms with Crippen molar-refractivity contribution in [3.63, 3.8) is 0 Å². The first-order valence-electron chi connectivity index (χ1n) is 36.1. The number of esters is 2. The molecule has 83 heavy (non-hydrogen) atoms. The van der Waals surface area contributed by atoms with Crippen molar-refractivity contribution < 1.29 is 37.6 Å². The molecule has 0 saturated carbocycles. The predicted molar refractivity (Wildman–Crippen MR) is 358 cm³/mol. The Morgan fingerprint density at radius 2 is 0.627 bits per heavy atom. The molecule has 0 aromatic rings. The van der Waals surface area contributed by atoms with Crippen LogP contribution in [-0.2, 0) is 32.7 Å². The van der Waals surface area contributed by atoms with Gasteiger partial charge in [0.15, 0.2) is 6.10 Å². The number of carbonyl (C=O) groups excluding carboxylic acids is 2. The lowest BCUT2D eigenvalue weighted by Gasteiger charge is -2.19. The van der Waals surface area contributed by atoms with E-state index in [1.807, 2.05) is 0 Å². The van der Waals surface area contributed by atoms with E-state index in [9.17, 15) is 19.0 Å². The Balaban J connectivity index is 3.79. The van der Waals surface area contributed by atoms with Crippen LogP contribution in [0.1, 0.15) is 373 Å². The standard InChI is InChI=1S/C73H138NO8P/c1-3-5-7-9-11-13-15-17-19-21-23-25-27-29-30-31-32-33-34-35-36-37-38-39-40-42-43-45-47-49-51-53-55-57-59-61-63-65-72(75)79-69-71(70-81-83(77,78)80-68-67-74)82-73(76)66-64-62-60-58-56-54-52-50-48-46-44-41-28-26-24-22-20-18-16-14-12-10-8-6-4-2/h16,18,21-24,28,41,71H,3-15,17,19-20,25-27,29-40,42-70,74H2,1-2H3,(H,77,78)/b18-16-,23-21-,24-22-,41-28-. The molecule has 0 aromatic carbocycles. The molecule has 0 aliphatic heterocycles. The summed E-state index contributed by atoms with van der Waals surface area (Å²) in [6.07, 6.45) is 88.0. The molecule has 0 aliphatic rings. The van der Waals surface area contributed by atoms with Crippen molar-refractivity contribution in [2.24, 2.45) is 5.73 Å². The monoisotopic (exact) mass is 1190 g/mol. The first-order chi connectivity index (χ1) is 40.8. The van der Waals surface area contributed by atoms with Gasteiger partial charge in [0.2, 0.25) is 0 Å². The molecule has 10 heteroatoms. The van der Waals surface area contributed by atoms with E-state index in [-0.39, 0.29) is 38.6 Å². The zero-order chi connectivity index (χ0) is 60.1. The zero-order valence-electron chi connectivity index (χ0n) is 55.0. The first kappa shape index (κ1) is 81.0. The number of unbranched alkanes of at least 4 members (excludes halogenated alkanes) is 48. The maximum Gasteiger partial charge on any atom is 0.472 e. The summed E-state index contributed by atoms with van der Waals surface area (Å²) in [6, 6.07) is 0. The van der Waals surface area contributed by atoms with Crippen molar-refractivity contribution in [2.75, 3.05) is 26.4 Å². The highest BCUT2D eigenvalue weighted by Crippen LogP contribution is 2.43. The average Bonchev–Trinajstić information content (AvgIpc) is 3.49. The van der Waals surface area contributed by atoms with E-state index >= 15 is 0 Å².